The van der Waals surface area contributed by atoms with Crippen LogP contribution >= 0.6 is 0 Å². The van der Waals surface area contributed by atoms with Crippen LogP contribution in [-0.2, 0) is 9.59 Å². The van der Waals surface area contributed by atoms with E-state index in [9.17, 15) is 14.4 Å². The highest BCUT2D eigenvalue weighted by molar-refractivity contribution is 5.87. The number of primary amides is 1. The lowest BCUT2D eigenvalue weighted by Gasteiger charge is -2.13. The third-order valence-corrected chi connectivity index (χ3v) is 2.82. The average Bonchev–Trinajstić information content (AvgIpc) is 2.36. The number of carbonyl (C=O) groups excluding carboxylic acids is 2. The highest BCUT2D eigenvalue weighted by Gasteiger charge is 2.21. The fraction of sp³-hybridized carbons (Fsp3) is 0.769. The van der Waals surface area contributed by atoms with Gasteiger partial charge in [0.1, 0.15) is 6.04 Å². The first-order chi connectivity index (χ1) is 9.47. The Morgan fingerprint density at radius 1 is 1.10 bits per heavy atom. The Kier molecular flexibility index (Phi) is 10.1. The third-order valence-electron chi connectivity index (χ3n) is 2.82. The quantitative estimate of drug-likeness (QED) is 0.423. The van der Waals surface area contributed by atoms with E-state index in [2.05, 4.69) is 17.6 Å². The molecule has 0 rings (SSSR count). The molecule has 0 aliphatic rings. The number of amides is 3. The van der Waals surface area contributed by atoms with E-state index in [1.54, 1.807) is 0 Å². The van der Waals surface area contributed by atoms with Crippen molar-refractivity contribution in [3.8, 4) is 0 Å². The zero-order valence-corrected chi connectivity index (χ0v) is 12.0. The Bertz CT molecular complexity index is 321. The van der Waals surface area contributed by atoms with E-state index in [0.717, 1.165) is 19.3 Å². The van der Waals surface area contributed by atoms with Crippen LogP contribution in [0.4, 0.5) is 4.79 Å². The number of aliphatic carboxylic acids is 1. The van der Waals surface area contributed by atoms with E-state index in [4.69, 9.17) is 10.8 Å². The summed E-state index contributed by atoms with van der Waals surface area (Å²) in [7, 11) is 0. The van der Waals surface area contributed by atoms with Crippen molar-refractivity contribution in [3.63, 3.8) is 0 Å². The van der Waals surface area contributed by atoms with Crippen LogP contribution in [0.25, 0.3) is 0 Å². The molecule has 0 bridgehead atoms. The third kappa shape index (κ3) is 10.2. The molecule has 1 atom stereocenters. The van der Waals surface area contributed by atoms with Crippen LogP contribution in [0.15, 0.2) is 0 Å². The highest BCUT2D eigenvalue weighted by atomic mass is 16.4. The zero-order chi connectivity index (χ0) is 15.4. The van der Waals surface area contributed by atoms with Crippen LogP contribution in [-0.4, -0.2) is 35.6 Å². The van der Waals surface area contributed by atoms with Gasteiger partial charge in [0.25, 0.3) is 0 Å². The smallest absolute Gasteiger partial charge is 0.326 e. The molecule has 0 aromatic heterocycles. The second-order valence-corrected chi connectivity index (χ2v) is 4.73. The van der Waals surface area contributed by atoms with Crippen molar-refractivity contribution >= 4 is 17.9 Å². The highest BCUT2D eigenvalue weighted by Crippen LogP contribution is 2.04. The largest absolute Gasteiger partial charge is 0.480 e. The first-order valence-electron chi connectivity index (χ1n) is 7.02. The van der Waals surface area contributed by atoms with E-state index in [0.29, 0.717) is 6.54 Å². The Morgan fingerprint density at radius 2 is 1.70 bits per heavy atom. The summed E-state index contributed by atoms with van der Waals surface area (Å²) < 4.78 is 0. The van der Waals surface area contributed by atoms with Crippen LogP contribution in [0.5, 0.6) is 0 Å². The molecule has 0 heterocycles. The minimum atomic E-state index is -1.28. The summed E-state index contributed by atoms with van der Waals surface area (Å²) in [5, 5.41) is 13.6. The molecule has 0 aromatic carbocycles. The number of unbranched alkanes of at least 4 members (excludes halogenated alkanes) is 5. The SMILES string of the molecule is CCCCCCCCNC(=O)NC(CC(N)=O)C(=O)O. The minimum absolute atomic E-state index is 0.417. The van der Waals surface area contributed by atoms with Crippen molar-refractivity contribution in [2.24, 2.45) is 5.73 Å². The fourth-order valence-corrected chi connectivity index (χ4v) is 1.72. The van der Waals surface area contributed by atoms with Crippen LogP contribution < -0.4 is 16.4 Å². The molecule has 0 spiro atoms. The molecular weight excluding hydrogens is 262 g/mol. The molecular formula is C13H25N3O4. The Balaban J connectivity index is 3.75. The number of nitrogens with one attached hydrogen (secondary N) is 2. The molecule has 0 aliphatic heterocycles. The maximum absolute atomic E-state index is 11.4. The Morgan fingerprint density at radius 3 is 2.25 bits per heavy atom. The molecule has 116 valence electrons. The number of nitrogens with two attached hydrogens (primary N) is 1. The molecule has 0 saturated heterocycles. The van der Waals surface area contributed by atoms with Crippen molar-refractivity contribution < 1.29 is 19.5 Å². The van der Waals surface area contributed by atoms with Crippen molar-refractivity contribution in [2.45, 2.75) is 57.9 Å². The molecule has 0 aromatic rings. The lowest BCUT2D eigenvalue weighted by Crippen LogP contribution is -2.47. The molecule has 0 fully saturated rings. The molecule has 0 aliphatic carbocycles. The van der Waals surface area contributed by atoms with Gasteiger partial charge in [-0.3, -0.25) is 4.79 Å². The van der Waals surface area contributed by atoms with Crippen LogP contribution in [0, 0.1) is 0 Å². The molecule has 5 N–H and O–H groups in total. The number of hydrogen-bond donors (Lipinski definition) is 4. The van der Waals surface area contributed by atoms with Gasteiger partial charge in [0.15, 0.2) is 0 Å². The summed E-state index contributed by atoms with van der Waals surface area (Å²) in [6, 6.07) is -1.87. The number of carbonyl (C=O) groups is 3. The molecule has 3 amide bonds. The van der Waals surface area contributed by atoms with Crippen LogP contribution in [0.2, 0.25) is 0 Å². The Labute approximate surface area is 119 Å². The van der Waals surface area contributed by atoms with E-state index >= 15 is 0 Å². The number of carboxylic acid groups (broad SMARTS) is 1. The maximum Gasteiger partial charge on any atom is 0.326 e. The fourth-order valence-electron chi connectivity index (χ4n) is 1.72. The predicted molar refractivity (Wildman–Crippen MR) is 75.1 cm³/mol. The van der Waals surface area contributed by atoms with Crippen LogP contribution in [0.3, 0.4) is 0 Å². The van der Waals surface area contributed by atoms with Gasteiger partial charge in [-0.25, -0.2) is 9.59 Å². The van der Waals surface area contributed by atoms with Gasteiger partial charge in [0, 0.05) is 6.54 Å². The zero-order valence-electron chi connectivity index (χ0n) is 12.0. The standard InChI is InChI=1S/C13H25N3O4/c1-2-3-4-5-6-7-8-15-13(20)16-10(12(18)19)9-11(14)17/h10H,2-9H2,1H3,(H2,14,17)(H,18,19)(H2,15,16,20). The summed E-state index contributed by atoms with van der Waals surface area (Å²) in [4.78, 5) is 32.9. The summed E-state index contributed by atoms with van der Waals surface area (Å²) in [5.74, 6) is -2.05. The van der Waals surface area contributed by atoms with Gasteiger partial charge < -0.3 is 21.5 Å². The van der Waals surface area contributed by atoms with E-state index in [-0.39, 0.29) is 0 Å². The molecule has 20 heavy (non-hydrogen) atoms. The summed E-state index contributed by atoms with van der Waals surface area (Å²) in [5.41, 5.74) is 4.91. The number of urea groups is 1. The van der Waals surface area contributed by atoms with E-state index in [1.165, 1.54) is 19.3 Å². The van der Waals surface area contributed by atoms with Crippen molar-refractivity contribution in [2.75, 3.05) is 6.54 Å². The first kappa shape index (κ1) is 18.2. The summed E-state index contributed by atoms with van der Waals surface area (Å²) >= 11 is 0. The van der Waals surface area contributed by atoms with E-state index in [1.807, 2.05) is 0 Å². The monoisotopic (exact) mass is 287 g/mol. The van der Waals surface area contributed by atoms with E-state index < -0.39 is 30.4 Å². The van der Waals surface area contributed by atoms with Crippen molar-refractivity contribution in [1.29, 1.82) is 0 Å². The molecule has 7 heteroatoms. The van der Waals surface area contributed by atoms with Crippen molar-refractivity contribution in [3.05, 3.63) is 0 Å². The lowest BCUT2D eigenvalue weighted by atomic mass is 10.1. The first-order valence-corrected chi connectivity index (χ1v) is 7.02. The van der Waals surface area contributed by atoms with Gasteiger partial charge >= 0.3 is 12.0 Å². The van der Waals surface area contributed by atoms with Crippen LogP contribution in [0.1, 0.15) is 51.9 Å². The molecule has 7 nitrogen and oxygen atoms in total. The number of hydrogen-bond acceptors (Lipinski definition) is 3. The number of carboxylic acids is 1. The summed E-state index contributed by atoms with van der Waals surface area (Å²) in [6.45, 7) is 2.64. The van der Waals surface area contributed by atoms with Gasteiger partial charge in [-0.1, -0.05) is 39.0 Å². The maximum atomic E-state index is 11.4. The average molecular weight is 287 g/mol. The predicted octanol–water partition coefficient (Wildman–Crippen LogP) is 0.975. The normalized spacial score (nSPS) is 11.7. The Hall–Kier alpha value is -1.79. The van der Waals surface area contributed by atoms with Gasteiger partial charge in [-0.2, -0.15) is 0 Å². The van der Waals surface area contributed by atoms with Gasteiger partial charge in [-0.05, 0) is 6.42 Å². The minimum Gasteiger partial charge on any atom is -0.480 e. The van der Waals surface area contributed by atoms with Gasteiger partial charge in [0.2, 0.25) is 5.91 Å². The second kappa shape index (κ2) is 11.1. The molecule has 0 radical (unpaired) electrons. The van der Waals surface area contributed by atoms with Gasteiger partial charge in [0.05, 0.1) is 6.42 Å². The topological polar surface area (TPSA) is 122 Å². The molecule has 1 unspecified atom stereocenters. The van der Waals surface area contributed by atoms with Crippen molar-refractivity contribution in [1.82, 2.24) is 10.6 Å². The number of rotatable bonds is 11. The second-order valence-electron chi connectivity index (χ2n) is 4.73. The summed E-state index contributed by atoms with van der Waals surface area (Å²) in [6.07, 6.45) is 6.21. The molecule has 0 saturated carbocycles. The van der Waals surface area contributed by atoms with Gasteiger partial charge in [-0.15, -0.1) is 0 Å². The lowest BCUT2D eigenvalue weighted by molar-refractivity contribution is -0.140.